The van der Waals surface area contributed by atoms with E-state index in [-0.39, 0.29) is 11.3 Å². The van der Waals surface area contributed by atoms with Gasteiger partial charge in [-0.15, -0.1) is 0 Å². The fourth-order valence-electron chi connectivity index (χ4n) is 4.40. The van der Waals surface area contributed by atoms with Crippen molar-refractivity contribution in [1.29, 1.82) is 0 Å². The van der Waals surface area contributed by atoms with Crippen LogP contribution in [0.5, 0.6) is 0 Å². The topological polar surface area (TPSA) is 74.6 Å². The molecule has 3 aliphatic carbocycles. The van der Waals surface area contributed by atoms with Crippen molar-refractivity contribution in [2.24, 2.45) is 29.1 Å². The Bertz CT molecular complexity index is 358. The van der Waals surface area contributed by atoms with E-state index in [0.29, 0.717) is 12.3 Å². The Hall–Kier alpha value is -1.06. The second kappa shape index (κ2) is 2.99. The lowest BCUT2D eigenvalue weighted by molar-refractivity contribution is -0.160. The summed E-state index contributed by atoms with van der Waals surface area (Å²) in [6.45, 7) is 0. The molecule has 3 aliphatic rings. The molecule has 3 rings (SSSR count). The number of hydrogen-bond donors (Lipinski definition) is 2. The van der Waals surface area contributed by atoms with E-state index in [4.69, 9.17) is 5.11 Å². The van der Waals surface area contributed by atoms with Gasteiger partial charge in [0.05, 0.1) is 11.8 Å². The molecule has 0 saturated heterocycles. The second-order valence-electron chi connectivity index (χ2n) is 5.66. The van der Waals surface area contributed by atoms with Crippen molar-refractivity contribution in [3.05, 3.63) is 0 Å². The summed E-state index contributed by atoms with van der Waals surface area (Å²) < 4.78 is 0. The van der Waals surface area contributed by atoms with Crippen molar-refractivity contribution < 1.29 is 19.8 Å². The summed E-state index contributed by atoms with van der Waals surface area (Å²) in [5.41, 5.74) is 0.231. The van der Waals surface area contributed by atoms with Crippen LogP contribution in [0, 0.1) is 29.1 Å². The summed E-state index contributed by atoms with van der Waals surface area (Å²) in [6, 6.07) is 0. The van der Waals surface area contributed by atoms with Crippen molar-refractivity contribution in [2.75, 3.05) is 0 Å². The smallest absolute Gasteiger partial charge is 0.307 e. The van der Waals surface area contributed by atoms with Crippen LogP contribution < -0.4 is 0 Å². The molecule has 4 heteroatoms. The van der Waals surface area contributed by atoms with Crippen LogP contribution in [0.15, 0.2) is 0 Å². The normalized spacial score (nSPS) is 43.2. The summed E-state index contributed by atoms with van der Waals surface area (Å²) in [5.74, 6) is -2.50. The first-order valence-electron chi connectivity index (χ1n) is 6.02. The van der Waals surface area contributed by atoms with E-state index in [1.165, 1.54) is 0 Å². The molecular formula is C12H16O4. The Kier molecular flexibility index (Phi) is 1.89. The highest BCUT2D eigenvalue weighted by molar-refractivity contribution is 5.81. The highest BCUT2D eigenvalue weighted by atomic mass is 16.4. The van der Waals surface area contributed by atoms with Gasteiger partial charge in [0.15, 0.2) is 0 Å². The fourth-order valence-corrected chi connectivity index (χ4v) is 4.40. The Morgan fingerprint density at radius 3 is 2.25 bits per heavy atom. The van der Waals surface area contributed by atoms with E-state index in [1.807, 2.05) is 0 Å². The maximum Gasteiger partial charge on any atom is 0.307 e. The minimum atomic E-state index is -0.917. The van der Waals surface area contributed by atoms with E-state index >= 15 is 0 Å². The number of carbonyl (C=O) groups is 2. The molecule has 0 radical (unpaired) electrons. The SMILES string of the molecule is O=C(O)C1CC2CCC(C1C(=O)O)C21CC1. The molecule has 4 unspecified atom stereocenters. The number of carboxylic acid groups (broad SMARTS) is 2. The minimum Gasteiger partial charge on any atom is -0.481 e. The average molecular weight is 224 g/mol. The Morgan fingerprint density at radius 1 is 1.06 bits per heavy atom. The first-order chi connectivity index (χ1) is 7.56. The van der Waals surface area contributed by atoms with Crippen molar-refractivity contribution in [3.8, 4) is 0 Å². The highest BCUT2D eigenvalue weighted by Gasteiger charge is 2.66. The van der Waals surface area contributed by atoms with Gasteiger partial charge in [0.1, 0.15) is 0 Å². The molecule has 0 amide bonds. The number of rotatable bonds is 2. The van der Waals surface area contributed by atoms with Gasteiger partial charge in [-0.2, -0.15) is 0 Å². The van der Waals surface area contributed by atoms with Gasteiger partial charge in [-0.25, -0.2) is 0 Å². The van der Waals surface area contributed by atoms with Crippen molar-refractivity contribution in [2.45, 2.75) is 32.1 Å². The Morgan fingerprint density at radius 2 is 1.75 bits per heavy atom. The van der Waals surface area contributed by atoms with Crippen LogP contribution in [0.1, 0.15) is 32.1 Å². The lowest BCUT2D eigenvalue weighted by Gasteiger charge is -2.38. The summed E-state index contributed by atoms with van der Waals surface area (Å²) >= 11 is 0. The van der Waals surface area contributed by atoms with Crippen LogP contribution in [-0.4, -0.2) is 22.2 Å². The maximum atomic E-state index is 11.3. The van der Waals surface area contributed by atoms with Gasteiger partial charge < -0.3 is 10.2 Å². The molecule has 3 saturated carbocycles. The minimum absolute atomic E-state index is 0.129. The molecule has 88 valence electrons. The van der Waals surface area contributed by atoms with Gasteiger partial charge in [-0.1, -0.05) is 0 Å². The van der Waals surface area contributed by atoms with Crippen molar-refractivity contribution in [1.82, 2.24) is 0 Å². The van der Waals surface area contributed by atoms with Gasteiger partial charge >= 0.3 is 11.9 Å². The second-order valence-corrected chi connectivity index (χ2v) is 5.66. The standard InChI is InChI=1S/C12H16O4/c13-10(14)7-5-6-1-2-8(9(7)11(15)16)12(6)3-4-12/h6-9H,1-5H2,(H,13,14)(H,15,16). The quantitative estimate of drug-likeness (QED) is 0.747. The van der Waals surface area contributed by atoms with Crippen molar-refractivity contribution in [3.63, 3.8) is 0 Å². The van der Waals surface area contributed by atoms with Gasteiger partial charge in [0.2, 0.25) is 0 Å². The zero-order valence-corrected chi connectivity index (χ0v) is 9.06. The van der Waals surface area contributed by atoms with Crippen molar-refractivity contribution >= 4 is 11.9 Å². The predicted molar refractivity (Wildman–Crippen MR) is 54.7 cm³/mol. The van der Waals surface area contributed by atoms with E-state index in [1.54, 1.807) is 0 Å². The summed E-state index contributed by atoms with van der Waals surface area (Å²) in [6.07, 6.45) is 4.79. The first-order valence-corrected chi connectivity index (χ1v) is 6.02. The molecular weight excluding hydrogens is 208 g/mol. The average Bonchev–Trinajstić information content (AvgIpc) is 2.90. The molecule has 0 aliphatic heterocycles. The van der Waals surface area contributed by atoms with Crippen LogP contribution in [0.25, 0.3) is 0 Å². The fraction of sp³-hybridized carbons (Fsp3) is 0.833. The van der Waals surface area contributed by atoms with Gasteiger partial charge in [-0.3, -0.25) is 9.59 Å². The van der Waals surface area contributed by atoms with Gasteiger partial charge in [0, 0.05) is 0 Å². The van der Waals surface area contributed by atoms with Crippen LogP contribution in [-0.2, 0) is 9.59 Å². The van der Waals surface area contributed by atoms with Gasteiger partial charge in [-0.05, 0) is 49.4 Å². The zero-order chi connectivity index (χ0) is 11.5. The molecule has 4 nitrogen and oxygen atoms in total. The largest absolute Gasteiger partial charge is 0.481 e. The molecule has 0 aromatic rings. The number of hydrogen-bond acceptors (Lipinski definition) is 2. The number of carboxylic acids is 2. The molecule has 1 spiro atoms. The van der Waals surface area contributed by atoms with E-state index in [2.05, 4.69) is 0 Å². The molecule has 0 aromatic heterocycles. The maximum absolute atomic E-state index is 11.3. The molecule has 3 fully saturated rings. The molecule has 0 aromatic carbocycles. The van der Waals surface area contributed by atoms with Crippen LogP contribution >= 0.6 is 0 Å². The van der Waals surface area contributed by atoms with Crippen LogP contribution in [0.3, 0.4) is 0 Å². The predicted octanol–water partition coefficient (Wildman–Crippen LogP) is 1.60. The third-order valence-corrected chi connectivity index (χ3v) is 5.21. The Labute approximate surface area is 93.6 Å². The first kappa shape index (κ1) is 10.1. The monoisotopic (exact) mass is 224 g/mol. The summed E-state index contributed by atoms with van der Waals surface area (Å²) in [7, 11) is 0. The van der Waals surface area contributed by atoms with Crippen LogP contribution in [0.2, 0.25) is 0 Å². The molecule has 0 heterocycles. The lowest BCUT2D eigenvalue weighted by atomic mass is 9.64. The van der Waals surface area contributed by atoms with Gasteiger partial charge in [0.25, 0.3) is 0 Å². The third-order valence-electron chi connectivity index (χ3n) is 5.21. The van der Waals surface area contributed by atoms with Crippen LogP contribution in [0.4, 0.5) is 0 Å². The molecule has 16 heavy (non-hydrogen) atoms. The third kappa shape index (κ3) is 1.10. The lowest BCUT2D eigenvalue weighted by Crippen LogP contribution is -2.43. The molecule has 2 N–H and O–H groups in total. The van der Waals surface area contributed by atoms with E-state index in [9.17, 15) is 14.7 Å². The highest BCUT2D eigenvalue weighted by Crippen LogP contribution is 2.71. The van der Waals surface area contributed by atoms with E-state index in [0.717, 1.165) is 25.7 Å². The zero-order valence-electron chi connectivity index (χ0n) is 9.06. The number of aliphatic carboxylic acids is 2. The summed E-state index contributed by atoms with van der Waals surface area (Å²) in [4.78, 5) is 22.5. The van der Waals surface area contributed by atoms with E-state index < -0.39 is 23.8 Å². The summed E-state index contributed by atoms with van der Waals surface area (Å²) in [5, 5.41) is 18.4. The molecule has 4 atom stereocenters. The molecule has 2 bridgehead atoms. The Balaban J connectivity index is 1.96.